The maximum Gasteiger partial charge on any atom is 0.0727 e. The first-order chi connectivity index (χ1) is 9.83. The van der Waals surface area contributed by atoms with Gasteiger partial charge in [-0.2, -0.15) is 0 Å². The molecule has 1 saturated heterocycles. The maximum atomic E-state index is 6.02. The summed E-state index contributed by atoms with van der Waals surface area (Å²) in [6.45, 7) is 4.88. The molecule has 0 spiro atoms. The summed E-state index contributed by atoms with van der Waals surface area (Å²) in [6.07, 6.45) is 1.48. The van der Waals surface area contributed by atoms with E-state index >= 15 is 0 Å². The van der Waals surface area contributed by atoms with E-state index in [0.29, 0.717) is 12.7 Å². The molecule has 0 bridgehead atoms. The molecule has 104 valence electrons. The topological polar surface area (TPSA) is 21.3 Å². The molecule has 0 saturated carbocycles. The van der Waals surface area contributed by atoms with Crippen molar-refractivity contribution in [3.63, 3.8) is 0 Å². The minimum Gasteiger partial charge on any atom is -0.372 e. The molecule has 2 nitrogen and oxygen atoms in total. The first-order valence-corrected chi connectivity index (χ1v) is 7.30. The van der Waals surface area contributed by atoms with Crippen molar-refractivity contribution in [2.75, 3.05) is 13.1 Å². The molecule has 0 aliphatic carbocycles. The maximum absolute atomic E-state index is 6.02. The summed E-state index contributed by atoms with van der Waals surface area (Å²) in [6, 6.07) is 17.2. The molecule has 1 N–H and O–H groups in total. The Balaban J connectivity index is 1.80. The fourth-order valence-corrected chi connectivity index (χ4v) is 2.72. The number of rotatable bonds is 4. The van der Waals surface area contributed by atoms with E-state index in [9.17, 15) is 0 Å². The van der Waals surface area contributed by atoms with E-state index in [-0.39, 0.29) is 0 Å². The first-order valence-electron chi connectivity index (χ1n) is 7.30. The summed E-state index contributed by atoms with van der Waals surface area (Å²) < 4.78 is 6.02. The van der Waals surface area contributed by atoms with Gasteiger partial charge in [0.05, 0.1) is 12.7 Å². The molecule has 0 unspecified atom stereocenters. The Hall–Kier alpha value is -1.64. The average Bonchev–Trinajstić information content (AvgIpc) is 2.99. The molecule has 3 rings (SSSR count). The van der Waals surface area contributed by atoms with Crippen LogP contribution in [0, 0.1) is 6.92 Å². The van der Waals surface area contributed by atoms with Gasteiger partial charge in [-0.05, 0) is 36.6 Å². The Morgan fingerprint density at radius 2 is 2.05 bits per heavy atom. The van der Waals surface area contributed by atoms with E-state index in [1.54, 1.807) is 0 Å². The highest BCUT2D eigenvalue weighted by Crippen LogP contribution is 2.25. The number of nitrogens with one attached hydrogen (secondary N) is 1. The molecule has 1 heterocycles. The van der Waals surface area contributed by atoms with Crippen molar-refractivity contribution in [1.29, 1.82) is 0 Å². The largest absolute Gasteiger partial charge is 0.372 e. The number of aryl methyl sites for hydroxylation is 1. The summed E-state index contributed by atoms with van der Waals surface area (Å²) in [5, 5.41) is 3.34. The van der Waals surface area contributed by atoms with Crippen LogP contribution in [0.3, 0.4) is 0 Å². The lowest BCUT2D eigenvalue weighted by Crippen LogP contribution is -2.16. The van der Waals surface area contributed by atoms with Crippen LogP contribution in [0.2, 0.25) is 0 Å². The van der Waals surface area contributed by atoms with Gasteiger partial charge in [0, 0.05) is 6.54 Å². The van der Waals surface area contributed by atoms with Crippen LogP contribution in [0.15, 0.2) is 48.5 Å². The quantitative estimate of drug-likeness (QED) is 0.915. The Morgan fingerprint density at radius 1 is 1.15 bits per heavy atom. The second-order valence-corrected chi connectivity index (χ2v) is 5.45. The van der Waals surface area contributed by atoms with Crippen molar-refractivity contribution < 1.29 is 4.74 Å². The Labute approximate surface area is 120 Å². The SMILES string of the molecule is Cc1cccc(-c2ccccc2CO[C@H]2CCNC2)c1. The van der Waals surface area contributed by atoms with Gasteiger partial charge in [0.25, 0.3) is 0 Å². The fourth-order valence-electron chi connectivity index (χ4n) is 2.72. The third-order valence-electron chi connectivity index (χ3n) is 3.84. The Kier molecular flexibility index (Phi) is 4.14. The summed E-state index contributed by atoms with van der Waals surface area (Å²) in [7, 11) is 0. The highest BCUT2D eigenvalue weighted by Gasteiger charge is 2.15. The molecule has 2 aromatic carbocycles. The minimum absolute atomic E-state index is 0.362. The standard InChI is InChI=1S/C18H21NO/c1-14-5-4-7-15(11-14)18-8-3-2-6-16(18)13-20-17-9-10-19-12-17/h2-8,11,17,19H,9-10,12-13H2,1H3/t17-/m0/s1. The lowest BCUT2D eigenvalue weighted by Gasteiger charge is -2.14. The van der Waals surface area contributed by atoms with Crippen molar-refractivity contribution >= 4 is 0 Å². The predicted octanol–water partition coefficient (Wildman–Crippen LogP) is 3.54. The first kappa shape index (κ1) is 13.3. The highest BCUT2D eigenvalue weighted by molar-refractivity contribution is 5.67. The van der Waals surface area contributed by atoms with E-state index in [0.717, 1.165) is 19.5 Å². The second-order valence-electron chi connectivity index (χ2n) is 5.45. The molecule has 1 aliphatic heterocycles. The Morgan fingerprint density at radius 3 is 2.85 bits per heavy atom. The van der Waals surface area contributed by atoms with Crippen molar-refractivity contribution in [2.45, 2.75) is 26.1 Å². The highest BCUT2D eigenvalue weighted by atomic mass is 16.5. The number of hydrogen-bond acceptors (Lipinski definition) is 2. The lowest BCUT2D eigenvalue weighted by molar-refractivity contribution is 0.0545. The fraction of sp³-hybridized carbons (Fsp3) is 0.333. The summed E-state index contributed by atoms with van der Waals surface area (Å²) >= 11 is 0. The number of benzene rings is 2. The molecule has 0 aromatic heterocycles. The molecule has 2 aromatic rings. The van der Waals surface area contributed by atoms with Crippen molar-refractivity contribution in [3.8, 4) is 11.1 Å². The van der Waals surface area contributed by atoms with Gasteiger partial charge in [0.2, 0.25) is 0 Å². The monoisotopic (exact) mass is 267 g/mol. The van der Waals surface area contributed by atoms with Gasteiger partial charge >= 0.3 is 0 Å². The van der Waals surface area contributed by atoms with E-state index in [4.69, 9.17) is 4.74 Å². The predicted molar refractivity (Wildman–Crippen MR) is 82.7 cm³/mol. The van der Waals surface area contributed by atoms with Crippen LogP contribution in [-0.4, -0.2) is 19.2 Å². The molecule has 0 amide bonds. The molecule has 0 radical (unpaired) electrons. The second kappa shape index (κ2) is 6.21. The Bertz CT molecular complexity index is 573. The molecule has 1 atom stereocenters. The van der Waals surface area contributed by atoms with Gasteiger partial charge in [0.15, 0.2) is 0 Å². The third kappa shape index (κ3) is 3.09. The van der Waals surface area contributed by atoms with Crippen LogP contribution in [0.5, 0.6) is 0 Å². The van der Waals surface area contributed by atoms with Gasteiger partial charge in [-0.1, -0.05) is 54.1 Å². The molecular formula is C18H21NO. The smallest absolute Gasteiger partial charge is 0.0727 e. The zero-order valence-electron chi connectivity index (χ0n) is 11.9. The van der Waals surface area contributed by atoms with Crippen molar-refractivity contribution in [3.05, 3.63) is 59.7 Å². The van der Waals surface area contributed by atoms with Gasteiger partial charge in [-0.3, -0.25) is 0 Å². The molecular weight excluding hydrogens is 246 g/mol. The van der Waals surface area contributed by atoms with Gasteiger partial charge in [-0.25, -0.2) is 0 Å². The van der Waals surface area contributed by atoms with Crippen LogP contribution in [0.1, 0.15) is 17.5 Å². The van der Waals surface area contributed by atoms with Crippen molar-refractivity contribution in [2.24, 2.45) is 0 Å². The average molecular weight is 267 g/mol. The van der Waals surface area contributed by atoms with Crippen molar-refractivity contribution in [1.82, 2.24) is 5.32 Å². The van der Waals surface area contributed by atoms with E-state index in [2.05, 4.69) is 60.8 Å². The summed E-state index contributed by atoms with van der Waals surface area (Å²) in [5.74, 6) is 0. The van der Waals surface area contributed by atoms with Crippen LogP contribution >= 0.6 is 0 Å². The van der Waals surface area contributed by atoms with E-state index in [1.807, 2.05) is 0 Å². The number of ether oxygens (including phenoxy) is 1. The van der Waals surface area contributed by atoms with Gasteiger partial charge < -0.3 is 10.1 Å². The number of hydrogen-bond donors (Lipinski definition) is 1. The molecule has 1 fully saturated rings. The third-order valence-corrected chi connectivity index (χ3v) is 3.84. The normalized spacial score (nSPS) is 18.4. The van der Waals surface area contributed by atoms with Gasteiger partial charge in [0.1, 0.15) is 0 Å². The van der Waals surface area contributed by atoms with Crippen LogP contribution in [0.25, 0.3) is 11.1 Å². The molecule has 20 heavy (non-hydrogen) atoms. The minimum atomic E-state index is 0.362. The van der Waals surface area contributed by atoms with Gasteiger partial charge in [-0.15, -0.1) is 0 Å². The lowest BCUT2D eigenvalue weighted by atomic mass is 9.99. The molecule has 1 aliphatic rings. The zero-order chi connectivity index (χ0) is 13.8. The summed E-state index contributed by atoms with van der Waals surface area (Å²) in [5.41, 5.74) is 5.11. The van der Waals surface area contributed by atoms with Crippen LogP contribution in [0.4, 0.5) is 0 Å². The summed E-state index contributed by atoms with van der Waals surface area (Å²) in [4.78, 5) is 0. The molecule has 2 heteroatoms. The van der Waals surface area contributed by atoms with Crippen LogP contribution < -0.4 is 5.32 Å². The van der Waals surface area contributed by atoms with Crippen LogP contribution in [-0.2, 0) is 11.3 Å². The van der Waals surface area contributed by atoms with E-state index < -0.39 is 0 Å². The zero-order valence-corrected chi connectivity index (χ0v) is 11.9. The van der Waals surface area contributed by atoms with E-state index in [1.165, 1.54) is 22.3 Å².